The standard InChI is InChI=1S/C15H21BFNO4.2C2H6/c1-8(18)11-7-12-10(6-13(11)17)5-9(14(12)15(19)20)3-2-4-16(21)22;2*1-2/h6-9,14,21-22H,2-5,18H2,1H3,(H,19,20);2*1-2H3. The van der Waals surface area contributed by atoms with Gasteiger partial charge in [0.1, 0.15) is 5.82 Å². The Morgan fingerprint density at radius 1 is 1.31 bits per heavy atom. The van der Waals surface area contributed by atoms with Gasteiger partial charge in [-0.3, -0.25) is 4.79 Å². The second kappa shape index (κ2) is 12.0. The first-order chi connectivity index (χ1) is 12.3. The summed E-state index contributed by atoms with van der Waals surface area (Å²) in [7, 11) is -1.38. The van der Waals surface area contributed by atoms with E-state index < -0.39 is 30.9 Å². The predicted molar refractivity (Wildman–Crippen MR) is 104 cm³/mol. The first-order valence-corrected chi connectivity index (χ1v) is 9.48. The van der Waals surface area contributed by atoms with Crippen molar-refractivity contribution in [2.75, 3.05) is 0 Å². The molecule has 0 heterocycles. The smallest absolute Gasteiger partial charge is 0.451 e. The third kappa shape index (κ3) is 6.38. The van der Waals surface area contributed by atoms with Crippen molar-refractivity contribution in [3.8, 4) is 0 Å². The Bertz CT molecular complexity index is 567. The average Bonchev–Trinajstić information content (AvgIpc) is 2.94. The fourth-order valence-corrected chi connectivity index (χ4v) is 3.28. The van der Waals surface area contributed by atoms with Gasteiger partial charge in [-0.2, -0.15) is 0 Å². The van der Waals surface area contributed by atoms with Crippen molar-refractivity contribution in [3.05, 3.63) is 34.6 Å². The zero-order chi connectivity index (χ0) is 20.4. The maximum absolute atomic E-state index is 14.0. The van der Waals surface area contributed by atoms with E-state index in [1.165, 1.54) is 6.07 Å². The third-order valence-corrected chi connectivity index (χ3v) is 4.34. The van der Waals surface area contributed by atoms with E-state index in [2.05, 4.69) is 0 Å². The summed E-state index contributed by atoms with van der Waals surface area (Å²) >= 11 is 0. The Morgan fingerprint density at radius 3 is 2.35 bits per heavy atom. The van der Waals surface area contributed by atoms with Crippen molar-refractivity contribution in [1.29, 1.82) is 0 Å². The van der Waals surface area contributed by atoms with Crippen molar-refractivity contribution in [1.82, 2.24) is 0 Å². The van der Waals surface area contributed by atoms with E-state index in [1.807, 2.05) is 27.7 Å². The SMILES string of the molecule is CC.CC.CC(N)c1cc2c(cc1F)CC(CCCB(O)O)C2C(=O)O. The van der Waals surface area contributed by atoms with Crippen molar-refractivity contribution in [2.45, 2.75) is 72.2 Å². The molecule has 0 fully saturated rings. The topological polar surface area (TPSA) is 104 Å². The minimum atomic E-state index is -1.38. The molecule has 0 amide bonds. The molecule has 3 unspecified atom stereocenters. The monoisotopic (exact) mass is 369 g/mol. The predicted octanol–water partition coefficient (Wildman–Crippen LogP) is 3.49. The lowest BCUT2D eigenvalue weighted by Crippen LogP contribution is -2.19. The highest BCUT2D eigenvalue weighted by Crippen LogP contribution is 2.42. The summed E-state index contributed by atoms with van der Waals surface area (Å²) < 4.78 is 14.0. The maximum atomic E-state index is 14.0. The second-order valence-electron chi connectivity index (χ2n) is 6.05. The molecule has 0 aliphatic heterocycles. The lowest BCUT2D eigenvalue weighted by atomic mass is 9.80. The van der Waals surface area contributed by atoms with Crippen LogP contribution in [0.25, 0.3) is 0 Å². The summed E-state index contributed by atoms with van der Waals surface area (Å²) in [6.45, 7) is 9.66. The molecular weight excluding hydrogens is 336 g/mol. The van der Waals surface area contributed by atoms with Crippen LogP contribution in [-0.2, 0) is 11.2 Å². The molecule has 0 aromatic heterocycles. The summed E-state index contributed by atoms with van der Waals surface area (Å²) in [6, 6.07) is 2.48. The molecule has 148 valence electrons. The minimum absolute atomic E-state index is 0.158. The lowest BCUT2D eigenvalue weighted by Gasteiger charge is -2.17. The highest BCUT2D eigenvalue weighted by Gasteiger charge is 2.38. The Hall–Kier alpha value is -1.44. The third-order valence-electron chi connectivity index (χ3n) is 4.34. The largest absolute Gasteiger partial charge is 0.481 e. The van der Waals surface area contributed by atoms with Gasteiger partial charge in [-0.1, -0.05) is 40.2 Å². The number of carboxylic acid groups (broad SMARTS) is 1. The summed E-state index contributed by atoms with van der Waals surface area (Å²) in [4.78, 5) is 11.6. The van der Waals surface area contributed by atoms with Gasteiger partial charge in [-0.25, -0.2) is 4.39 Å². The van der Waals surface area contributed by atoms with Crippen LogP contribution in [-0.4, -0.2) is 28.2 Å². The number of carbonyl (C=O) groups is 1. The fraction of sp³-hybridized carbons (Fsp3) is 0.632. The van der Waals surface area contributed by atoms with Gasteiger partial charge in [0.15, 0.2) is 0 Å². The number of rotatable bonds is 6. The lowest BCUT2D eigenvalue weighted by molar-refractivity contribution is -0.139. The van der Waals surface area contributed by atoms with E-state index in [1.54, 1.807) is 13.0 Å². The molecule has 0 radical (unpaired) electrons. The van der Waals surface area contributed by atoms with Crippen LogP contribution in [0.3, 0.4) is 0 Å². The Kier molecular flexibility index (Phi) is 11.4. The highest BCUT2D eigenvalue weighted by atomic mass is 19.1. The molecule has 2 rings (SSSR count). The van der Waals surface area contributed by atoms with Crippen molar-refractivity contribution < 1.29 is 24.3 Å². The molecule has 26 heavy (non-hydrogen) atoms. The molecule has 5 nitrogen and oxygen atoms in total. The molecule has 0 spiro atoms. The molecule has 3 atom stereocenters. The van der Waals surface area contributed by atoms with Crippen LogP contribution in [0.2, 0.25) is 6.32 Å². The van der Waals surface area contributed by atoms with Crippen LogP contribution in [0.15, 0.2) is 12.1 Å². The first-order valence-electron chi connectivity index (χ1n) is 9.48. The van der Waals surface area contributed by atoms with Gasteiger partial charge in [0.25, 0.3) is 0 Å². The number of halogens is 1. The molecule has 1 aliphatic rings. The van der Waals surface area contributed by atoms with Gasteiger partial charge in [0.05, 0.1) is 5.92 Å². The Balaban J connectivity index is 0.00000146. The molecule has 7 heteroatoms. The van der Waals surface area contributed by atoms with Crippen LogP contribution in [0, 0.1) is 11.7 Å². The maximum Gasteiger partial charge on any atom is 0.451 e. The number of aliphatic carboxylic acids is 1. The van der Waals surface area contributed by atoms with E-state index in [9.17, 15) is 14.3 Å². The number of hydrogen-bond acceptors (Lipinski definition) is 4. The normalized spacial score (nSPS) is 18.7. The molecular formula is C19H33BFNO4. The molecule has 0 bridgehead atoms. The molecule has 5 N–H and O–H groups in total. The molecule has 0 saturated heterocycles. The van der Waals surface area contributed by atoms with E-state index in [4.69, 9.17) is 15.8 Å². The molecule has 1 aromatic rings. The number of fused-ring (bicyclic) bond motifs is 1. The van der Waals surface area contributed by atoms with Crippen LogP contribution in [0.4, 0.5) is 4.39 Å². The number of hydrogen-bond donors (Lipinski definition) is 4. The zero-order valence-corrected chi connectivity index (χ0v) is 16.5. The van der Waals surface area contributed by atoms with Gasteiger partial charge in [0, 0.05) is 11.6 Å². The van der Waals surface area contributed by atoms with Gasteiger partial charge >= 0.3 is 13.1 Å². The minimum Gasteiger partial charge on any atom is -0.481 e. The zero-order valence-electron chi connectivity index (χ0n) is 16.5. The van der Waals surface area contributed by atoms with Gasteiger partial charge in [0.2, 0.25) is 0 Å². The summed E-state index contributed by atoms with van der Waals surface area (Å²) in [5.74, 6) is -2.18. The highest BCUT2D eigenvalue weighted by molar-refractivity contribution is 6.40. The summed E-state index contributed by atoms with van der Waals surface area (Å²) in [6.07, 6.45) is 1.77. The Morgan fingerprint density at radius 2 is 1.88 bits per heavy atom. The van der Waals surface area contributed by atoms with Crippen molar-refractivity contribution >= 4 is 13.1 Å². The summed E-state index contributed by atoms with van der Waals surface area (Å²) in [5, 5.41) is 27.3. The summed E-state index contributed by atoms with van der Waals surface area (Å²) in [5.41, 5.74) is 7.41. The number of benzene rings is 1. The van der Waals surface area contributed by atoms with Crippen LogP contribution < -0.4 is 5.73 Å². The first kappa shape index (κ1) is 24.6. The van der Waals surface area contributed by atoms with E-state index in [0.717, 1.165) is 0 Å². The van der Waals surface area contributed by atoms with Crippen molar-refractivity contribution in [3.63, 3.8) is 0 Å². The molecule has 1 aromatic carbocycles. The number of carboxylic acids is 1. The second-order valence-corrected chi connectivity index (χ2v) is 6.05. The average molecular weight is 369 g/mol. The Labute approximate surface area is 156 Å². The van der Waals surface area contributed by atoms with E-state index >= 15 is 0 Å². The van der Waals surface area contributed by atoms with Gasteiger partial charge in [-0.05, 0) is 49.2 Å². The van der Waals surface area contributed by atoms with Gasteiger partial charge in [-0.15, -0.1) is 0 Å². The van der Waals surface area contributed by atoms with Gasteiger partial charge < -0.3 is 20.9 Å². The number of nitrogens with two attached hydrogens (primary N) is 1. The van der Waals surface area contributed by atoms with Crippen LogP contribution in [0.5, 0.6) is 0 Å². The van der Waals surface area contributed by atoms with Crippen LogP contribution >= 0.6 is 0 Å². The quantitative estimate of drug-likeness (QED) is 0.575. The molecule has 1 aliphatic carbocycles. The van der Waals surface area contributed by atoms with Crippen molar-refractivity contribution in [2.24, 2.45) is 11.7 Å². The van der Waals surface area contributed by atoms with E-state index in [-0.39, 0.29) is 12.2 Å². The van der Waals surface area contributed by atoms with E-state index in [0.29, 0.717) is 36.0 Å². The fourth-order valence-electron chi connectivity index (χ4n) is 3.28. The molecule has 0 saturated carbocycles. The van der Waals surface area contributed by atoms with Crippen LogP contribution in [0.1, 0.15) is 76.1 Å².